The maximum Gasteiger partial charge on any atom is 0.137 e. The second kappa shape index (κ2) is 5.45. The summed E-state index contributed by atoms with van der Waals surface area (Å²) in [5, 5.41) is 7.29. The molecule has 3 N–H and O–H groups in total. The molecule has 19 heavy (non-hydrogen) atoms. The first-order valence-corrected chi connectivity index (χ1v) is 6.68. The number of nitrogens with two attached hydrogens (primary N) is 1. The molecule has 0 aliphatic carbocycles. The molecule has 0 amide bonds. The molecular weight excluding hydrogens is 259 g/mol. The molecule has 0 aliphatic heterocycles. The van der Waals surface area contributed by atoms with E-state index in [1.807, 2.05) is 26.0 Å². The summed E-state index contributed by atoms with van der Waals surface area (Å²) in [5.41, 5.74) is 8.06. The highest BCUT2D eigenvalue weighted by molar-refractivity contribution is 7.99. The van der Waals surface area contributed by atoms with Crippen molar-refractivity contribution >= 4 is 17.6 Å². The molecule has 2 nitrogen and oxygen atoms in total. The van der Waals surface area contributed by atoms with Gasteiger partial charge in [0.15, 0.2) is 0 Å². The molecule has 0 bridgehead atoms. The van der Waals surface area contributed by atoms with Crippen LogP contribution < -0.4 is 5.73 Å². The lowest BCUT2D eigenvalue weighted by Gasteiger charge is -2.08. The molecule has 2 aromatic carbocycles. The number of benzene rings is 2. The van der Waals surface area contributed by atoms with E-state index >= 15 is 0 Å². The van der Waals surface area contributed by atoms with Crippen LogP contribution in [0.2, 0.25) is 0 Å². The lowest BCUT2D eigenvalue weighted by atomic mass is 10.2. The molecule has 0 radical (unpaired) electrons. The van der Waals surface area contributed by atoms with E-state index in [1.165, 1.54) is 23.4 Å². The van der Waals surface area contributed by atoms with Crippen molar-refractivity contribution in [2.24, 2.45) is 5.73 Å². The zero-order valence-electron chi connectivity index (χ0n) is 10.8. The molecule has 4 heteroatoms. The van der Waals surface area contributed by atoms with Crippen LogP contribution in [0.25, 0.3) is 0 Å². The molecule has 0 saturated heterocycles. The van der Waals surface area contributed by atoms with Crippen molar-refractivity contribution in [3.63, 3.8) is 0 Å². The smallest absolute Gasteiger partial charge is 0.137 e. The van der Waals surface area contributed by atoms with Gasteiger partial charge in [-0.2, -0.15) is 0 Å². The Morgan fingerprint density at radius 3 is 2.37 bits per heavy atom. The molecule has 0 fully saturated rings. The summed E-state index contributed by atoms with van der Waals surface area (Å²) in [5.74, 6) is -0.473. The zero-order valence-corrected chi connectivity index (χ0v) is 11.6. The van der Waals surface area contributed by atoms with Gasteiger partial charge in [-0.25, -0.2) is 4.39 Å². The Hall–Kier alpha value is -1.81. The van der Waals surface area contributed by atoms with E-state index in [0.29, 0.717) is 10.5 Å². The van der Waals surface area contributed by atoms with Crippen LogP contribution in [0.1, 0.15) is 16.7 Å². The SMILES string of the molecule is Cc1ccc(Sc2ccc(C(=N)N)cc2F)c(C)c1. The molecule has 0 saturated carbocycles. The Morgan fingerprint density at radius 1 is 1.11 bits per heavy atom. The van der Waals surface area contributed by atoms with Crippen LogP contribution in [0, 0.1) is 25.1 Å². The predicted octanol–water partition coefficient (Wildman–Crippen LogP) is 3.88. The van der Waals surface area contributed by atoms with Gasteiger partial charge in [-0.3, -0.25) is 5.41 Å². The minimum Gasteiger partial charge on any atom is -0.384 e. The summed E-state index contributed by atoms with van der Waals surface area (Å²) in [6.45, 7) is 4.04. The van der Waals surface area contributed by atoms with E-state index in [-0.39, 0.29) is 11.7 Å². The standard InChI is InChI=1S/C15H15FN2S/c1-9-3-5-13(10(2)7-9)19-14-6-4-11(15(17)18)8-12(14)16/h3-8H,1-2H3,(H3,17,18). The van der Waals surface area contributed by atoms with E-state index in [1.54, 1.807) is 12.1 Å². The van der Waals surface area contributed by atoms with Gasteiger partial charge in [0.2, 0.25) is 0 Å². The van der Waals surface area contributed by atoms with Crippen molar-refractivity contribution in [3.05, 3.63) is 58.9 Å². The van der Waals surface area contributed by atoms with Crippen LogP contribution in [0.4, 0.5) is 4.39 Å². The fraction of sp³-hybridized carbons (Fsp3) is 0.133. The molecule has 0 atom stereocenters. The highest BCUT2D eigenvalue weighted by atomic mass is 32.2. The summed E-state index contributed by atoms with van der Waals surface area (Å²) < 4.78 is 13.9. The highest BCUT2D eigenvalue weighted by Crippen LogP contribution is 2.32. The Kier molecular flexibility index (Phi) is 3.90. The summed E-state index contributed by atoms with van der Waals surface area (Å²) in [4.78, 5) is 1.57. The van der Waals surface area contributed by atoms with Crippen LogP contribution in [0.3, 0.4) is 0 Å². The molecule has 0 spiro atoms. The van der Waals surface area contributed by atoms with Gasteiger partial charge >= 0.3 is 0 Å². The fourth-order valence-corrected chi connectivity index (χ4v) is 2.67. The third-order valence-corrected chi connectivity index (χ3v) is 4.02. The number of nitrogen functional groups attached to an aromatic ring is 1. The van der Waals surface area contributed by atoms with Crippen molar-refractivity contribution in [2.75, 3.05) is 0 Å². The lowest BCUT2D eigenvalue weighted by Crippen LogP contribution is -2.11. The highest BCUT2D eigenvalue weighted by Gasteiger charge is 2.08. The first-order chi connectivity index (χ1) is 8.97. The monoisotopic (exact) mass is 274 g/mol. The van der Waals surface area contributed by atoms with Crippen molar-refractivity contribution in [2.45, 2.75) is 23.6 Å². The molecule has 2 aromatic rings. The van der Waals surface area contributed by atoms with Gasteiger partial charge in [0.25, 0.3) is 0 Å². The zero-order chi connectivity index (χ0) is 14.0. The topological polar surface area (TPSA) is 49.9 Å². The molecular formula is C15H15FN2S. The van der Waals surface area contributed by atoms with Crippen molar-refractivity contribution in [1.29, 1.82) is 5.41 Å². The predicted molar refractivity (Wildman–Crippen MR) is 77.5 cm³/mol. The number of nitrogens with one attached hydrogen (secondary N) is 1. The fourth-order valence-electron chi connectivity index (χ4n) is 1.78. The maximum absolute atomic E-state index is 13.9. The first kappa shape index (κ1) is 13.6. The molecule has 0 aliphatic rings. The lowest BCUT2D eigenvalue weighted by molar-refractivity contribution is 0.601. The molecule has 0 heterocycles. The second-order valence-corrected chi connectivity index (χ2v) is 5.51. The summed E-state index contributed by atoms with van der Waals surface area (Å²) >= 11 is 1.38. The number of hydrogen-bond donors (Lipinski definition) is 2. The normalized spacial score (nSPS) is 10.5. The number of rotatable bonds is 3. The Balaban J connectivity index is 2.31. The van der Waals surface area contributed by atoms with E-state index in [4.69, 9.17) is 11.1 Å². The first-order valence-electron chi connectivity index (χ1n) is 5.86. The van der Waals surface area contributed by atoms with Gasteiger partial charge in [-0.1, -0.05) is 29.5 Å². The van der Waals surface area contributed by atoms with E-state index in [9.17, 15) is 4.39 Å². The summed E-state index contributed by atoms with van der Waals surface area (Å²) in [6.07, 6.45) is 0. The number of aryl methyl sites for hydroxylation is 2. The minimum atomic E-state index is -0.349. The van der Waals surface area contributed by atoms with E-state index in [0.717, 1.165) is 10.5 Å². The number of halogens is 1. The van der Waals surface area contributed by atoms with Gasteiger partial charge in [-0.05, 0) is 43.7 Å². The average Bonchev–Trinajstić information content (AvgIpc) is 2.34. The third-order valence-electron chi connectivity index (χ3n) is 2.79. The Morgan fingerprint density at radius 2 is 1.79 bits per heavy atom. The average molecular weight is 274 g/mol. The molecule has 0 unspecified atom stereocenters. The van der Waals surface area contributed by atoms with Crippen molar-refractivity contribution in [3.8, 4) is 0 Å². The third kappa shape index (κ3) is 3.15. The van der Waals surface area contributed by atoms with Crippen LogP contribution >= 0.6 is 11.8 Å². The maximum atomic E-state index is 13.9. The molecule has 2 rings (SSSR count). The summed E-state index contributed by atoms with van der Waals surface area (Å²) in [6, 6.07) is 10.7. The van der Waals surface area contributed by atoms with Crippen LogP contribution in [0.5, 0.6) is 0 Å². The van der Waals surface area contributed by atoms with E-state index in [2.05, 4.69) is 6.07 Å². The summed E-state index contributed by atoms with van der Waals surface area (Å²) in [7, 11) is 0. The van der Waals surface area contributed by atoms with Gasteiger partial charge in [0.05, 0.1) is 0 Å². The number of hydrogen-bond acceptors (Lipinski definition) is 2. The Bertz CT molecular complexity index is 638. The van der Waals surface area contributed by atoms with E-state index < -0.39 is 0 Å². The van der Waals surface area contributed by atoms with Crippen LogP contribution in [0.15, 0.2) is 46.2 Å². The second-order valence-electron chi connectivity index (χ2n) is 4.43. The van der Waals surface area contributed by atoms with Gasteiger partial charge < -0.3 is 5.73 Å². The largest absolute Gasteiger partial charge is 0.384 e. The minimum absolute atomic E-state index is 0.123. The van der Waals surface area contributed by atoms with Gasteiger partial charge in [0, 0.05) is 15.4 Å². The van der Waals surface area contributed by atoms with Crippen LogP contribution in [-0.4, -0.2) is 5.84 Å². The Labute approximate surface area is 116 Å². The number of amidine groups is 1. The van der Waals surface area contributed by atoms with Crippen molar-refractivity contribution in [1.82, 2.24) is 0 Å². The quantitative estimate of drug-likeness (QED) is 0.659. The van der Waals surface area contributed by atoms with Gasteiger partial charge in [0.1, 0.15) is 11.7 Å². The van der Waals surface area contributed by atoms with Crippen LogP contribution in [-0.2, 0) is 0 Å². The van der Waals surface area contributed by atoms with Crippen molar-refractivity contribution < 1.29 is 4.39 Å². The molecule has 98 valence electrons. The molecule has 0 aromatic heterocycles. The van der Waals surface area contributed by atoms with Gasteiger partial charge in [-0.15, -0.1) is 0 Å².